The first-order valence-electron chi connectivity index (χ1n) is 7.85. The van der Waals surface area contributed by atoms with Gasteiger partial charge in [0.25, 0.3) is 0 Å². The average Bonchev–Trinajstić information content (AvgIpc) is 2.93. The second kappa shape index (κ2) is 7.08. The van der Waals surface area contributed by atoms with Crippen LogP contribution in [0.15, 0.2) is 42.7 Å². The van der Waals surface area contributed by atoms with Gasteiger partial charge in [0, 0.05) is 36.6 Å². The maximum absolute atomic E-state index is 12.1. The molecule has 1 aliphatic heterocycles. The number of rotatable bonds is 4. The molecule has 1 aliphatic rings. The summed E-state index contributed by atoms with van der Waals surface area (Å²) in [5, 5.41) is 5.39. The van der Waals surface area contributed by atoms with E-state index in [9.17, 15) is 9.59 Å². The number of pyridine rings is 2. The summed E-state index contributed by atoms with van der Waals surface area (Å²) in [4.78, 5) is 34.0. The maximum atomic E-state index is 12.1. The number of hydrogen-bond donors (Lipinski definition) is 2. The fourth-order valence-electron chi connectivity index (χ4n) is 2.57. The Labute approximate surface area is 140 Å². The number of aromatic nitrogens is 2. The van der Waals surface area contributed by atoms with Crippen LogP contribution in [-0.4, -0.2) is 28.5 Å². The summed E-state index contributed by atoms with van der Waals surface area (Å²) in [5.74, 6) is 0.543. The lowest BCUT2D eigenvalue weighted by Gasteiger charge is -2.17. The van der Waals surface area contributed by atoms with Crippen LogP contribution in [0, 0.1) is 5.92 Å². The van der Waals surface area contributed by atoms with E-state index in [4.69, 9.17) is 0 Å². The van der Waals surface area contributed by atoms with E-state index in [0.29, 0.717) is 18.9 Å². The maximum Gasteiger partial charge on any atom is 0.320 e. The van der Waals surface area contributed by atoms with Crippen molar-refractivity contribution >= 4 is 23.4 Å². The van der Waals surface area contributed by atoms with Crippen LogP contribution in [0.5, 0.6) is 0 Å². The Bertz CT molecular complexity index is 735. The zero-order valence-electron chi connectivity index (χ0n) is 13.4. The molecule has 1 saturated heterocycles. The highest BCUT2D eigenvalue weighted by Gasteiger charge is 2.29. The predicted molar refractivity (Wildman–Crippen MR) is 90.5 cm³/mol. The lowest BCUT2D eigenvalue weighted by Crippen LogP contribution is -2.29. The van der Waals surface area contributed by atoms with Crippen LogP contribution in [0.25, 0.3) is 0 Å². The standard InChI is InChI=1S/C17H19N5O2/c1-12-6-9-22(16(12)23)14-5-8-19-15(10-14)21-17(24)20-11-13-4-2-3-7-18-13/h2-5,7-8,10,12H,6,9,11H2,1H3,(H2,19,20,21,24)/t12-/m0/s1. The van der Waals surface area contributed by atoms with Gasteiger partial charge in [-0.2, -0.15) is 0 Å². The van der Waals surface area contributed by atoms with Gasteiger partial charge in [0.15, 0.2) is 0 Å². The van der Waals surface area contributed by atoms with Gasteiger partial charge in [-0.05, 0) is 24.6 Å². The molecule has 124 valence electrons. The third-order valence-corrected chi connectivity index (χ3v) is 3.93. The van der Waals surface area contributed by atoms with Crippen LogP contribution in [0.2, 0.25) is 0 Å². The third kappa shape index (κ3) is 3.68. The summed E-state index contributed by atoms with van der Waals surface area (Å²) in [6, 6.07) is 8.62. The Morgan fingerprint density at radius 2 is 2.17 bits per heavy atom. The monoisotopic (exact) mass is 325 g/mol. The molecule has 0 saturated carbocycles. The average molecular weight is 325 g/mol. The minimum atomic E-state index is -0.369. The van der Waals surface area contributed by atoms with E-state index in [1.54, 1.807) is 29.4 Å². The number of hydrogen-bond acceptors (Lipinski definition) is 4. The number of anilines is 2. The van der Waals surface area contributed by atoms with Gasteiger partial charge < -0.3 is 10.2 Å². The van der Waals surface area contributed by atoms with Gasteiger partial charge in [0.05, 0.1) is 12.2 Å². The van der Waals surface area contributed by atoms with Crippen molar-refractivity contribution in [3.8, 4) is 0 Å². The molecule has 1 fully saturated rings. The fourth-order valence-corrected chi connectivity index (χ4v) is 2.57. The number of carbonyl (C=O) groups excluding carboxylic acids is 2. The van der Waals surface area contributed by atoms with Crippen molar-refractivity contribution < 1.29 is 9.59 Å². The molecule has 2 aromatic heterocycles. The largest absolute Gasteiger partial charge is 0.332 e. The van der Waals surface area contributed by atoms with E-state index < -0.39 is 0 Å². The second-order valence-corrected chi connectivity index (χ2v) is 5.71. The third-order valence-electron chi connectivity index (χ3n) is 3.93. The van der Waals surface area contributed by atoms with Crippen molar-refractivity contribution in [2.75, 3.05) is 16.8 Å². The Morgan fingerprint density at radius 3 is 2.88 bits per heavy atom. The smallest absolute Gasteiger partial charge is 0.320 e. The van der Waals surface area contributed by atoms with Crippen molar-refractivity contribution in [3.05, 3.63) is 48.4 Å². The lowest BCUT2D eigenvalue weighted by atomic mass is 10.1. The molecule has 2 N–H and O–H groups in total. The van der Waals surface area contributed by atoms with Crippen LogP contribution in [0.3, 0.4) is 0 Å². The van der Waals surface area contributed by atoms with Gasteiger partial charge in [0.2, 0.25) is 5.91 Å². The van der Waals surface area contributed by atoms with Crippen molar-refractivity contribution in [2.45, 2.75) is 19.9 Å². The summed E-state index contributed by atoms with van der Waals surface area (Å²) >= 11 is 0. The van der Waals surface area contributed by atoms with Crippen LogP contribution < -0.4 is 15.5 Å². The Morgan fingerprint density at radius 1 is 1.29 bits per heavy atom. The molecular weight excluding hydrogens is 306 g/mol. The van der Waals surface area contributed by atoms with Gasteiger partial charge in [-0.3, -0.25) is 15.1 Å². The zero-order valence-corrected chi connectivity index (χ0v) is 13.4. The molecule has 3 rings (SSSR count). The lowest BCUT2D eigenvalue weighted by molar-refractivity contribution is -0.119. The van der Waals surface area contributed by atoms with E-state index in [2.05, 4.69) is 20.6 Å². The molecule has 0 aliphatic carbocycles. The Kier molecular flexibility index (Phi) is 4.69. The molecule has 7 heteroatoms. The molecule has 0 aromatic carbocycles. The zero-order chi connectivity index (χ0) is 16.9. The fraction of sp³-hybridized carbons (Fsp3) is 0.294. The SMILES string of the molecule is C[C@H]1CCN(c2ccnc(NC(=O)NCc3ccccn3)c2)C1=O. The summed E-state index contributed by atoms with van der Waals surface area (Å²) in [7, 11) is 0. The second-order valence-electron chi connectivity index (χ2n) is 5.71. The summed E-state index contributed by atoms with van der Waals surface area (Å²) in [6.07, 6.45) is 4.10. The number of carbonyl (C=O) groups is 2. The molecule has 3 amide bonds. The highest BCUT2D eigenvalue weighted by Crippen LogP contribution is 2.25. The molecule has 0 radical (unpaired) electrons. The normalized spacial score (nSPS) is 17.0. The van der Waals surface area contributed by atoms with E-state index in [0.717, 1.165) is 17.8 Å². The summed E-state index contributed by atoms with van der Waals surface area (Å²) < 4.78 is 0. The minimum absolute atomic E-state index is 0.0382. The number of urea groups is 1. The Balaban J connectivity index is 1.60. The van der Waals surface area contributed by atoms with E-state index in [-0.39, 0.29) is 17.9 Å². The first-order valence-corrected chi connectivity index (χ1v) is 7.85. The van der Waals surface area contributed by atoms with Crippen molar-refractivity contribution in [3.63, 3.8) is 0 Å². The highest BCUT2D eigenvalue weighted by molar-refractivity contribution is 5.97. The van der Waals surface area contributed by atoms with Crippen LogP contribution in [0.1, 0.15) is 19.0 Å². The van der Waals surface area contributed by atoms with Crippen molar-refractivity contribution in [2.24, 2.45) is 5.92 Å². The molecule has 0 spiro atoms. The molecule has 0 unspecified atom stereocenters. The molecule has 1 atom stereocenters. The first-order chi connectivity index (χ1) is 11.6. The summed E-state index contributed by atoms with van der Waals surface area (Å²) in [5.41, 5.74) is 1.52. The molecule has 3 heterocycles. The van der Waals surface area contributed by atoms with Crippen molar-refractivity contribution in [1.82, 2.24) is 15.3 Å². The molecule has 24 heavy (non-hydrogen) atoms. The Hall–Kier alpha value is -2.96. The van der Waals surface area contributed by atoms with Gasteiger partial charge in [0.1, 0.15) is 5.82 Å². The molecule has 0 bridgehead atoms. The summed E-state index contributed by atoms with van der Waals surface area (Å²) in [6.45, 7) is 2.94. The molecular formula is C17H19N5O2. The number of nitrogens with zero attached hydrogens (tertiary/aromatic N) is 3. The van der Waals surface area contributed by atoms with E-state index in [1.807, 2.05) is 25.1 Å². The highest BCUT2D eigenvalue weighted by atomic mass is 16.2. The van der Waals surface area contributed by atoms with Gasteiger partial charge >= 0.3 is 6.03 Å². The van der Waals surface area contributed by atoms with Gasteiger partial charge in [-0.25, -0.2) is 9.78 Å². The topological polar surface area (TPSA) is 87.2 Å². The van der Waals surface area contributed by atoms with Crippen LogP contribution in [-0.2, 0) is 11.3 Å². The van der Waals surface area contributed by atoms with Gasteiger partial charge in [-0.1, -0.05) is 13.0 Å². The predicted octanol–water partition coefficient (Wildman–Crippen LogP) is 2.17. The molecule has 7 nitrogen and oxygen atoms in total. The van der Waals surface area contributed by atoms with E-state index >= 15 is 0 Å². The van der Waals surface area contributed by atoms with Crippen molar-refractivity contribution in [1.29, 1.82) is 0 Å². The van der Waals surface area contributed by atoms with E-state index in [1.165, 1.54) is 0 Å². The quantitative estimate of drug-likeness (QED) is 0.902. The van der Waals surface area contributed by atoms with Gasteiger partial charge in [-0.15, -0.1) is 0 Å². The van der Waals surface area contributed by atoms with Crippen LogP contribution >= 0.6 is 0 Å². The first kappa shape index (κ1) is 15.9. The molecule has 2 aromatic rings. The number of amides is 3. The minimum Gasteiger partial charge on any atom is -0.332 e. The van der Waals surface area contributed by atoms with Crippen LogP contribution in [0.4, 0.5) is 16.3 Å². The number of nitrogens with one attached hydrogen (secondary N) is 2.